The number of aromatic nitrogens is 1. The highest BCUT2D eigenvalue weighted by atomic mass is 35.5. The number of sulfonamides is 1. The highest BCUT2D eigenvalue weighted by Gasteiger charge is 2.51. The van der Waals surface area contributed by atoms with Crippen LogP contribution in [0.25, 0.3) is 11.3 Å². The molecule has 37 heavy (non-hydrogen) atoms. The number of ether oxygens (including phenoxy) is 1. The molecular weight excluding hydrogens is 514 g/mol. The monoisotopic (exact) mass is 543 g/mol. The van der Waals surface area contributed by atoms with Gasteiger partial charge in [0.2, 0.25) is 15.9 Å². The van der Waals surface area contributed by atoms with Gasteiger partial charge in [-0.15, -0.1) is 0 Å². The normalized spacial score (nSPS) is 18.9. The molecule has 2 fully saturated rings. The van der Waals surface area contributed by atoms with E-state index in [0.29, 0.717) is 48.1 Å². The molecule has 0 spiro atoms. The van der Waals surface area contributed by atoms with E-state index in [4.69, 9.17) is 16.3 Å². The summed E-state index contributed by atoms with van der Waals surface area (Å²) in [6, 6.07) is 16.8. The van der Waals surface area contributed by atoms with E-state index in [1.54, 1.807) is 61.7 Å². The molecule has 2 heterocycles. The molecule has 1 amide bonds. The molecule has 5 rings (SSSR count). The lowest BCUT2D eigenvalue weighted by Gasteiger charge is -2.22. The first-order valence-electron chi connectivity index (χ1n) is 12.1. The summed E-state index contributed by atoms with van der Waals surface area (Å²) in [5.41, 5.74) is 1.53. The second kappa shape index (κ2) is 10.1. The lowest BCUT2D eigenvalue weighted by atomic mass is 9.94. The van der Waals surface area contributed by atoms with Crippen LogP contribution in [-0.2, 0) is 20.2 Å². The van der Waals surface area contributed by atoms with Crippen molar-refractivity contribution in [1.29, 1.82) is 0 Å². The molecule has 1 saturated carbocycles. The Kier molecular flexibility index (Phi) is 6.97. The maximum Gasteiger partial charge on any atom is 0.243 e. The Morgan fingerprint density at radius 1 is 1.22 bits per heavy atom. The zero-order chi connectivity index (χ0) is 26.2. The van der Waals surface area contributed by atoms with Crippen molar-refractivity contribution in [3.05, 3.63) is 71.2 Å². The van der Waals surface area contributed by atoms with E-state index in [1.165, 1.54) is 4.31 Å². The third-order valence-electron chi connectivity index (χ3n) is 7.17. The Morgan fingerprint density at radius 2 is 1.97 bits per heavy atom. The van der Waals surface area contributed by atoms with Gasteiger partial charge >= 0.3 is 0 Å². The first-order chi connectivity index (χ1) is 17.8. The lowest BCUT2D eigenvalue weighted by Crippen LogP contribution is -2.37. The van der Waals surface area contributed by atoms with Crippen molar-refractivity contribution in [1.82, 2.24) is 9.29 Å². The van der Waals surface area contributed by atoms with E-state index in [2.05, 4.69) is 10.3 Å². The van der Waals surface area contributed by atoms with Gasteiger partial charge in [-0.2, -0.15) is 4.31 Å². The molecule has 0 radical (unpaired) electrons. The minimum atomic E-state index is -3.69. The maximum absolute atomic E-state index is 13.2. The smallest absolute Gasteiger partial charge is 0.243 e. The van der Waals surface area contributed by atoms with Crippen LogP contribution in [0.1, 0.15) is 32.7 Å². The molecule has 10 heteroatoms. The van der Waals surface area contributed by atoms with Crippen LogP contribution in [0.3, 0.4) is 0 Å². The predicted molar refractivity (Wildman–Crippen MR) is 143 cm³/mol. The average molecular weight is 544 g/mol. The van der Waals surface area contributed by atoms with Crippen LogP contribution < -0.4 is 10.1 Å². The fraction of sp³-hybridized carbons (Fsp3) is 0.333. The van der Waals surface area contributed by atoms with Gasteiger partial charge in [-0.1, -0.05) is 35.9 Å². The standard InChI is InChI=1S/C27H28ClN3O5S.H2/c1-36-24-16-19(9-12-22(24)28)27(13-14-27)26(33)30-25-6-2-5-23(29-25)18-7-10-21(11-8-18)37(34,35)31-15-3-4-20(31)17-32;/h2,5-12,16,20,32H,3-4,13-15,17H2,1H3,(H,29,30,33);1H/t20-;/m1./s1. The Bertz CT molecular complexity index is 1430. The number of benzene rings is 2. The number of nitrogens with one attached hydrogen (secondary N) is 1. The van der Waals surface area contributed by atoms with Crippen LogP contribution in [0.5, 0.6) is 5.75 Å². The minimum Gasteiger partial charge on any atom is -0.495 e. The second-order valence-electron chi connectivity index (χ2n) is 9.41. The SMILES string of the molecule is COc1cc(C2(C(=O)Nc3cccc(-c4ccc(S(=O)(=O)N5CCC[C@@H]5CO)cc4)n3)CC2)ccc1Cl.[HH]. The summed E-state index contributed by atoms with van der Waals surface area (Å²) < 4.78 is 32.8. The highest BCUT2D eigenvalue weighted by Crippen LogP contribution is 2.50. The van der Waals surface area contributed by atoms with Crippen molar-refractivity contribution in [2.24, 2.45) is 0 Å². The van der Waals surface area contributed by atoms with Crippen LogP contribution in [0.2, 0.25) is 5.02 Å². The zero-order valence-electron chi connectivity index (χ0n) is 20.4. The van der Waals surface area contributed by atoms with Crippen molar-refractivity contribution in [3.63, 3.8) is 0 Å². The summed E-state index contributed by atoms with van der Waals surface area (Å²) in [5.74, 6) is 0.793. The number of rotatable bonds is 8. The maximum atomic E-state index is 13.2. The molecule has 2 N–H and O–H groups in total. The minimum absolute atomic E-state index is 0. The van der Waals surface area contributed by atoms with Gasteiger partial charge in [-0.05, 0) is 67.6 Å². The molecule has 2 aliphatic rings. The molecule has 1 aromatic heterocycles. The van der Waals surface area contributed by atoms with Crippen LogP contribution in [0.4, 0.5) is 5.82 Å². The Hall–Kier alpha value is -2.98. The highest BCUT2D eigenvalue weighted by molar-refractivity contribution is 7.89. The van der Waals surface area contributed by atoms with Gasteiger partial charge < -0.3 is 15.2 Å². The topological polar surface area (TPSA) is 109 Å². The number of hydrogen-bond acceptors (Lipinski definition) is 6. The Labute approximate surface area is 222 Å². The van der Waals surface area contributed by atoms with Gasteiger partial charge in [0, 0.05) is 19.6 Å². The summed E-state index contributed by atoms with van der Waals surface area (Å²) in [6.45, 7) is 0.218. The van der Waals surface area contributed by atoms with Crippen molar-refractivity contribution in [3.8, 4) is 17.0 Å². The molecule has 1 aliphatic heterocycles. The molecule has 2 aromatic carbocycles. The third-order valence-corrected chi connectivity index (χ3v) is 9.45. The Morgan fingerprint density at radius 3 is 2.65 bits per heavy atom. The number of aliphatic hydroxyl groups excluding tert-OH is 1. The number of anilines is 1. The van der Waals surface area contributed by atoms with E-state index in [9.17, 15) is 18.3 Å². The van der Waals surface area contributed by atoms with E-state index < -0.39 is 15.4 Å². The predicted octanol–water partition coefficient (Wildman–Crippen LogP) is 4.47. The average Bonchev–Trinajstić information content (AvgIpc) is 3.58. The number of amides is 1. The molecule has 3 aromatic rings. The zero-order valence-corrected chi connectivity index (χ0v) is 21.9. The number of pyridine rings is 1. The number of carbonyl (C=O) groups is 1. The van der Waals surface area contributed by atoms with Gasteiger partial charge in [0.15, 0.2) is 0 Å². The number of halogens is 1. The van der Waals surface area contributed by atoms with Crippen molar-refractivity contribution in [2.45, 2.75) is 42.0 Å². The van der Waals surface area contributed by atoms with E-state index >= 15 is 0 Å². The second-order valence-corrected chi connectivity index (χ2v) is 11.7. The number of methoxy groups -OCH3 is 1. The van der Waals surface area contributed by atoms with Gasteiger partial charge in [0.05, 0.1) is 34.7 Å². The molecular formula is C27H30ClN3O5S. The van der Waals surface area contributed by atoms with Gasteiger partial charge in [0.1, 0.15) is 11.6 Å². The van der Waals surface area contributed by atoms with Crippen molar-refractivity contribution in [2.75, 3.05) is 25.6 Å². The van der Waals surface area contributed by atoms with Gasteiger partial charge in [-0.25, -0.2) is 13.4 Å². The summed E-state index contributed by atoms with van der Waals surface area (Å²) in [6.07, 6.45) is 2.82. The number of hydrogen-bond donors (Lipinski definition) is 2. The Balaban J connectivity index is 0.00000336. The lowest BCUT2D eigenvalue weighted by molar-refractivity contribution is -0.118. The van der Waals surface area contributed by atoms with Crippen LogP contribution >= 0.6 is 11.6 Å². The first kappa shape index (κ1) is 25.7. The number of aliphatic hydroxyl groups is 1. The quantitative estimate of drug-likeness (QED) is 0.434. The third kappa shape index (κ3) is 4.84. The van der Waals surface area contributed by atoms with Gasteiger partial charge in [0.25, 0.3) is 0 Å². The summed E-state index contributed by atoms with van der Waals surface area (Å²) in [4.78, 5) is 18.0. The van der Waals surface area contributed by atoms with E-state index in [0.717, 1.165) is 17.5 Å². The molecule has 0 unspecified atom stereocenters. The van der Waals surface area contributed by atoms with Crippen LogP contribution in [0.15, 0.2) is 65.6 Å². The molecule has 196 valence electrons. The largest absolute Gasteiger partial charge is 0.495 e. The van der Waals surface area contributed by atoms with E-state index in [-0.39, 0.29) is 24.9 Å². The fourth-order valence-corrected chi connectivity index (χ4v) is 6.75. The molecule has 0 bridgehead atoms. The molecule has 1 saturated heterocycles. The van der Waals surface area contributed by atoms with Gasteiger partial charge in [-0.3, -0.25) is 4.79 Å². The fourth-order valence-electron chi connectivity index (χ4n) is 4.87. The first-order valence-corrected chi connectivity index (χ1v) is 14.0. The van der Waals surface area contributed by atoms with Crippen LogP contribution in [0, 0.1) is 0 Å². The molecule has 1 atom stereocenters. The summed E-state index contributed by atoms with van der Waals surface area (Å²) in [7, 11) is -2.15. The number of carbonyl (C=O) groups excluding carboxylic acids is 1. The summed E-state index contributed by atoms with van der Waals surface area (Å²) >= 11 is 6.15. The molecule has 8 nitrogen and oxygen atoms in total. The summed E-state index contributed by atoms with van der Waals surface area (Å²) in [5, 5.41) is 13.0. The van der Waals surface area contributed by atoms with E-state index in [1.807, 2.05) is 6.07 Å². The number of nitrogens with zero attached hydrogens (tertiary/aromatic N) is 2. The van der Waals surface area contributed by atoms with Crippen molar-refractivity contribution >= 4 is 33.3 Å². The van der Waals surface area contributed by atoms with Crippen LogP contribution in [-0.4, -0.2) is 55.0 Å². The van der Waals surface area contributed by atoms with Crippen molar-refractivity contribution < 1.29 is 24.5 Å². The molecule has 1 aliphatic carbocycles.